The van der Waals surface area contributed by atoms with Gasteiger partial charge in [0.1, 0.15) is 0 Å². The number of halogens is 3. The lowest BCUT2D eigenvalue weighted by atomic mass is 10.0. The van der Waals surface area contributed by atoms with Gasteiger partial charge in [-0.1, -0.05) is 5.16 Å². The van der Waals surface area contributed by atoms with Crippen molar-refractivity contribution in [2.75, 3.05) is 0 Å². The van der Waals surface area contributed by atoms with Gasteiger partial charge in [0.15, 0.2) is 5.82 Å². The van der Waals surface area contributed by atoms with E-state index in [-0.39, 0.29) is 12.3 Å². The molecule has 1 atom stereocenters. The molecule has 112 valence electrons. The van der Waals surface area contributed by atoms with Crippen LogP contribution in [-0.2, 0) is 16.0 Å². The second-order valence-corrected chi connectivity index (χ2v) is 4.21. The van der Waals surface area contributed by atoms with Crippen LogP contribution in [0, 0.1) is 6.92 Å². The van der Waals surface area contributed by atoms with Crippen LogP contribution in [0.2, 0.25) is 0 Å². The number of alkyl halides is 3. The fourth-order valence-corrected chi connectivity index (χ4v) is 1.25. The van der Waals surface area contributed by atoms with Gasteiger partial charge in [0.25, 0.3) is 0 Å². The maximum absolute atomic E-state index is 12.6. The first-order valence-corrected chi connectivity index (χ1v) is 5.46. The molecule has 0 fully saturated rings. The highest BCUT2D eigenvalue weighted by Gasteiger charge is 2.58. The average Bonchev–Trinajstić information content (AvgIpc) is 2.70. The zero-order chi connectivity index (χ0) is 15.6. The van der Waals surface area contributed by atoms with E-state index in [9.17, 15) is 22.8 Å². The summed E-state index contributed by atoms with van der Waals surface area (Å²) in [6.45, 7) is 1.92. The van der Waals surface area contributed by atoms with Crippen molar-refractivity contribution in [3.63, 3.8) is 0 Å². The van der Waals surface area contributed by atoms with E-state index in [1.165, 1.54) is 12.2 Å². The van der Waals surface area contributed by atoms with E-state index < -0.39 is 30.0 Å². The molecule has 0 aromatic carbocycles. The van der Waals surface area contributed by atoms with E-state index in [1.54, 1.807) is 0 Å². The van der Waals surface area contributed by atoms with Crippen LogP contribution in [0.4, 0.5) is 13.2 Å². The van der Waals surface area contributed by atoms with Crippen molar-refractivity contribution >= 4 is 11.9 Å². The molecule has 1 aromatic heterocycles. The number of amides is 1. The zero-order valence-corrected chi connectivity index (χ0v) is 10.6. The van der Waals surface area contributed by atoms with Crippen molar-refractivity contribution < 1.29 is 32.4 Å². The standard InChI is InChI=1S/C10H12F3N3O4/c1-5-14-7(20-16-5)4-3-6(17)15-9(2,8(18)19)10(11,12)13/h3-4H2,1-2H3,(H,15,17)(H,18,19). The summed E-state index contributed by atoms with van der Waals surface area (Å²) >= 11 is 0. The summed E-state index contributed by atoms with van der Waals surface area (Å²) in [5, 5.41) is 13.5. The molecule has 0 bridgehead atoms. The van der Waals surface area contributed by atoms with E-state index in [1.807, 2.05) is 0 Å². The Bertz CT molecular complexity index is 514. The number of carboxylic acids is 1. The summed E-state index contributed by atoms with van der Waals surface area (Å²) < 4.78 is 42.6. The smallest absolute Gasteiger partial charge is 0.422 e. The number of hydrogen-bond donors (Lipinski definition) is 2. The topological polar surface area (TPSA) is 105 Å². The maximum atomic E-state index is 12.6. The number of hydrogen-bond acceptors (Lipinski definition) is 5. The summed E-state index contributed by atoms with van der Waals surface area (Å²) in [6, 6.07) is 0. The van der Waals surface area contributed by atoms with Crippen LogP contribution < -0.4 is 5.32 Å². The summed E-state index contributed by atoms with van der Waals surface area (Å²) in [5.41, 5.74) is -3.34. The van der Waals surface area contributed by atoms with Crippen LogP contribution in [0.5, 0.6) is 0 Å². The normalized spacial score (nSPS) is 14.7. The van der Waals surface area contributed by atoms with Crippen molar-refractivity contribution in [3.05, 3.63) is 11.7 Å². The first-order chi connectivity index (χ1) is 9.06. The van der Waals surface area contributed by atoms with Gasteiger partial charge >= 0.3 is 12.1 Å². The minimum Gasteiger partial charge on any atom is -0.479 e. The van der Waals surface area contributed by atoms with Gasteiger partial charge in [0, 0.05) is 12.8 Å². The first-order valence-electron chi connectivity index (χ1n) is 5.46. The number of aromatic nitrogens is 2. The minimum atomic E-state index is -5.12. The third kappa shape index (κ3) is 3.45. The molecule has 0 saturated heterocycles. The van der Waals surface area contributed by atoms with Crippen molar-refractivity contribution in [1.29, 1.82) is 0 Å². The van der Waals surface area contributed by atoms with Crippen LogP contribution in [0.15, 0.2) is 4.52 Å². The van der Waals surface area contributed by atoms with Gasteiger partial charge in [-0.25, -0.2) is 4.79 Å². The zero-order valence-electron chi connectivity index (χ0n) is 10.6. The van der Waals surface area contributed by atoms with E-state index >= 15 is 0 Å². The van der Waals surface area contributed by atoms with E-state index in [0.717, 1.165) is 0 Å². The highest BCUT2D eigenvalue weighted by molar-refractivity contribution is 5.87. The molecule has 1 heterocycles. The van der Waals surface area contributed by atoms with E-state index in [2.05, 4.69) is 14.7 Å². The van der Waals surface area contributed by atoms with Gasteiger partial charge in [0.05, 0.1) is 0 Å². The Morgan fingerprint density at radius 3 is 2.40 bits per heavy atom. The lowest BCUT2D eigenvalue weighted by molar-refractivity contribution is -0.207. The molecule has 0 aliphatic heterocycles. The summed E-state index contributed by atoms with van der Waals surface area (Å²) in [5.74, 6) is -2.86. The molecule has 0 aliphatic carbocycles. The molecule has 1 amide bonds. The first kappa shape index (κ1) is 15.9. The largest absolute Gasteiger partial charge is 0.479 e. The predicted octanol–water partition coefficient (Wildman–Crippen LogP) is 0.832. The van der Waals surface area contributed by atoms with Gasteiger partial charge in [-0.15, -0.1) is 0 Å². The minimum absolute atomic E-state index is 0.0831. The molecule has 1 rings (SSSR count). The van der Waals surface area contributed by atoms with Crippen LogP contribution in [0.3, 0.4) is 0 Å². The number of nitrogens with one attached hydrogen (secondary N) is 1. The molecule has 0 saturated carbocycles. The second-order valence-electron chi connectivity index (χ2n) is 4.21. The summed E-state index contributed by atoms with van der Waals surface area (Å²) in [4.78, 5) is 25.9. The molecular weight excluding hydrogens is 283 g/mol. The number of rotatable bonds is 5. The number of aryl methyl sites for hydroxylation is 2. The third-order valence-electron chi connectivity index (χ3n) is 2.52. The fraction of sp³-hybridized carbons (Fsp3) is 0.600. The van der Waals surface area contributed by atoms with Crippen molar-refractivity contribution in [1.82, 2.24) is 15.5 Å². The molecule has 0 radical (unpaired) electrons. The summed E-state index contributed by atoms with van der Waals surface area (Å²) in [7, 11) is 0. The molecule has 1 aromatic rings. The Morgan fingerprint density at radius 2 is 2.00 bits per heavy atom. The van der Waals surface area contributed by atoms with Crippen LogP contribution in [0.1, 0.15) is 25.1 Å². The molecule has 7 nitrogen and oxygen atoms in total. The number of carbonyl (C=O) groups is 2. The Balaban J connectivity index is 2.66. The molecule has 10 heteroatoms. The number of carboxylic acid groups (broad SMARTS) is 1. The quantitative estimate of drug-likeness (QED) is 0.833. The monoisotopic (exact) mass is 295 g/mol. The van der Waals surface area contributed by atoms with Gasteiger partial charge < -0.3 is 14.9 Å². The highest BCUT2D eigenvalue weighted by atomic mass is 19.4. The number of aliphatic carboxylic acids is 1. The van der Waals surface area contributed by atoms with Crippen LogP contribution >= 0.6 is 0 Å². The van der Waals surface area contributed by atoms with Crippen molar-refractivity contribution in [2.45, 2.75) is 38.4 Å². The van der Waals surface area contributed by atoms with Gasteiger partial charge in [-0.3, -0.25) is 4.79 Å². The van der Waals surface area contributed by atoms with Crippen molar-refractivity contribution in [2.24, 2.45) is 0 Å². The van der Waals surface area contributed by atoms with E-state index in [4.69, 9.17) is 5.11 Å². The maximum Gasteiger partial charge on any atom is 0.422 e. The average molecular weight is 295 g/mol. The SMILES string of the molecule is Cc1noc(CCC(=O)NC(C)(C(=O)O)C(F)(F)F)n1. The van der Waals surface area contributed by atoms with E-state index in [0.29, 0.717) is 12.7 Å². The van der Waals surface area contributed by atoms with Gasteiger partial charge in [-0.2, -0.15) is 18.2 Å². The van der Waals surface area contributed by atoms with Crippen molar-refractivity contribution in [3.8, 4) is 0 Å². The van der Waals surface area contributed by atoms with Gasteiger partial charge in [-0.05, 0) is 13.8 Å². The molecule has 2 N–H and O–H groups in total. The lowest BCUT2D eigenvalue weighted by Crippen LogP contribution is -2.61. The number of nitrogens with zero attached hydrogens (tertiary/aromatic N) is 2. The Morgan fingerprint density at radius 1 is 1.40 bits per heavy atom. The molecule has 0 aliphatic rings. The molecule has 20 heavy (non-hydrogen) atoms. The molecule has 1 unspecified atom stereocenters. The summed E-state index contributed by atoms with van der Waals surface area (Å²) in [6.07, 6.45) is -5.60. The van der Waals surface area contributed by atoms with Crippen LogP contribution in [0.25, 0.3) is 0 Å². The molecule has 0 spiro atoms. The Labute approximate surface area is 111 Å². The third-order valence-corrected chi connectivity index (χ3v) is 2.52. The van der Waals surface area contributed by atoms with Gasteiger partial charge in [0.2, 0.25) is 17.3 Å². The Hall–Kier alpha value is -2.13. The lowest BCUT2D eigenvalue weighted by Gasteiger charge is -2.28. The second kappa shape index (κ2) is 5.47. The highest BCUT2D eigenvalue weighted by Crippen LogP contribution is 2.30. The number of carbonyl (C=O) groups excluding carboxylic acids is 1. The molecular formula is C10H12F3N3O4. The predicted molar refractivity (Wildman–Crippen MR) is 57.6 cm³/mol. The fourth-order valence-electron chi connectivity index (χ4n) is 1.25. The Kier molecular flexibility index (Phi) is 4.36. The van der Waals surface area contributed by atoms with Crippen LogP contribution in [-0.4, -0.2) is 38.8 Å².